The smallest absolute Gasteiger partial charge is 0.131 e. The summed E-state index contributed by atoms with van der Waals surface area (Å²) in [6.45, 7) is 3.18. The minimum atomic E-state index is 0.578. The molecule has 90 valence electrons. The van der Waals surface area contributed by atoms with Crippen molar-refractivity contribution in [3.63, 3.8) is 0 Å². The lowest BCUT2D eigenvalue weighted by Crippen LogP contribution is -2.27. The number of rotatable bonds is 1. The highest BCUT2D eigenvalue weighted by Gasteiger charge is 2.28. The van der Waals surface area contributed by atoms with E-state index in [9.17, 15) is 0 Å². The molecule has 1 aliphatic carbocycles. The van der Waals surface area contributed by atoms with E-state index in [1.54, 1.807) is 0 Å². The Hall–Kier alpha value is -0.860. The van der Waals surface area contributed by atoms with Crippen molar-refractivity contribution in [2.75, 3.05) is 6.54 Å². The maximum atomic E-state index is 5.97. The number of halogens is 1. The molecule has 2 heterocycles. The molecule has 1 fully saturated rings. The monoisotopic (exact) mass is 248 g/mol. The van der Waals surface area contributed by atoms with E-state index in [2.05, 4.69) is 22.4 Å². The minimum Gasteiger partial charge on any atom is -0.310 e. The quantitative estimate of drug-likeness (QED) is 0.772. The number of aryl methyl sites for hydroxylation is 1. The van der Waals surface area contributed by atoms with Crippen LogP contribution in [0, 0.1) is 12.8 Å². The van der Waals surface area contributed by atoms with Crippen molar-refractivity contribution >= 4 is 17.2 Å². The summed E-state index contributed by atoms with van der Waals surface area (Å²) in [7, 11) is 0. The second-order valence-corrected chi connectivity index (χ2v) is 5.45. The van der Waals surface area contributed by atoms with E-state index in [1.165, 1.54) is 30.4 Å². The molecule has 0 aromatic carbocycles. The number of fused-ring (bicyclic) bond motifs is 1. The highest BCUT2D eigenvalue weighted by atomic mass is 35.5. The van der Waals surface area contributed by atoms with Gasteiger partial charge in [0.05, 0.1) is 0 Å². The molecule has 1 aliphatic heterocycles. The third-order valence-electron chi connectivity index (χ3n) is 3.95. The van der Waals surface area contributed by atoms with Crippen LogP contribution in [0.15, 0.2) is 18.3 Å². The maximum absolute atomic E-state index is 5.97. The van der Waals surface area contributed by atoms with Crippen molar-refractivity contribution in [2.45, 2.75) is 32.2 Å². The van der Waals surface area contributed by atoms with Gasteiger partial charge in [-0.2, -0.15) is 0 Å². The van der Waals surface area contributed by atoms with E-state index in [-0.39, 0.29) is 0 Å². The van der Waals surface area contributed by atoms with Gasteiger partial charge in [-0.25, -0.2) is 4.98 Å². The van der Waals surface area contributed by atoms with E-state index >= 15 is 0 Å². The van der Waals surface area contributed by atoms with Crippen LogP contribution in [0.2, 0.25) is 5.15 Å². The molecule has 0 spiro atoms. The number of aromatic nitrogens is 1. The second kappa shape index (κ2) is 4.43. The van der Waals surface area contributed by atoms with Crippen molar-refractivity contribution in [1.82, 2.24) is 10.3 Å². The predicted octanol–water partition coefficient (Wildman–Crippen LogP) is 3.20. The Morgan fingerprint density at radius 2 is 2.29 bits per heavy atom. The zero-order valence-electron chi connectivity index (χ0n) is 10.0. The fourth-order valence-electron chi connectivity index (χ4n) is 2.92. The Labute approximate surface area is 107 Å². The summed E-state index contributed by atoms with van der Waals surface area (Å²) in [5, 5.41) is 4.17. The van der Waals surface area contributed by atoms with Gasteiger partial charge in [0.15, 0.2) is 0 Å². The Balaban J connectivity index is 1.91. The second-order valence-electron chi connectivity index (χ2n) is 5.09. The third-order valence-corrected chi connectivity index (χ3v) is 4.35. The number of nitrogens with one attached hydrogen (secondary N) is 1. The lowest BCUT2D eigenvalue weighted by Gasteiger charge is -2.24. The summed E-state index contributed by atoms with van der Waals surface area (Å²) >= 11 is 5.97. The number of pyridine rings is 1. The molecular formula is C14H17ClN2. The maximum Gasteiger partial charge on any atom is 0.131 e. The highest BCUT2D eigenvalue weighted by molar-refractivity contribution is 6.30. The molecule has 1 N–H and O–H groups in total. The molecule has 1 aromatic rings. The Bertz CT molecular complexity index is 467. The lowest BCUT2D eigenvalue weighted by molar-refractivity contribution is 0.465. The molecule has 3 rings (SSSR count). The zero-order valence-corrected chi connectivity index (χ0v) is 10.8. The van der Waals surface area contributed by atoms with Gasteiger partial charge < -0.3 is 5.32 Å². The zero-order chi connectivity index (χ0) is 11.8. The third kappa shape index (κ3) is 2.12. The molecule has 0 amide bonds. The fourth-order valence-corrected chi connectivity index (χ4v) is 3.02. The first-order valence-electron chi connectivity index (χ1n) is 6.30. The van der Waals surface area contributed by atoms with Crippen LogP contribution in [0.1, 0.15) is 30.4 Å². The molecule has 3 heteroatoms. The van der Waals surface area contributed by atoms with Crippen LogP contribution in [-0.4, -0.2) is 17.6 Å². The van der Waals surface area contributed by atoms with Crippen LogP contribution in [0.5, 0.6) is 0 Å². The molecule has 2 atom stereocenters. The summed E-state index contributed by atoms with van der Waals surface area (Å²) in [6, 6.07) is 2.73. The normalized spacial score (nSPS) is 27.8. The lowest BCUT2D eigenvalue weighted by atomic mass is 9.84. The van der Waals surface area contributed by atoms with Crippen LogP contribution in [0.25, 0.3) is 5.57 Å². The number of hydrogen-bond acceptors (Lipinski definition) is 2. The SMILES string of the molecule is Cc1cc(C2=C[C@@H]3NCC[C@@H]3CC2)cnc1Cl. The van der Waals surface area contributed by atoms with Crippen molar-refractivity contribution < 1.29 is 0 Å². The molecule has 2 nitrogen and oxygen atoms in total. The van der Waals surface area contributed by atoms with Gasteiger partial charge in [0, 0.05) is 12.2 Å². The van der Waals surface area contributed by atoms with E-state index in [0.717, 1.165) is 18.0 Å². The molecule has 17 heavy (non-hydrogen) atoms. The summed E-state index contributed by atoms with van der Waals surface area (Å²) in [5.41, 5.74) is 3.72. The Morgan fingerprint density at radius 1 is 1.41 bits per heavy atom. The van der Waals surface area contributed by atoms with Crippen LogP contribution in [-0.2, 0) is 0 Å². The topological polar surface area (TPSA) is 24.9 Å². The fraction of sp³-hybridized carbons (Fsp3) is 0.500. The summed E-state index contributed by atoms with van der Waals surface area (Å²) in [6.07, 6.45) is 8.09. The molecule has 1 saturated heterocycles. The highest BCUT2D eigenvalue weighted by Crippen LogP contribution is 2.34. The van der Waals surface area contributed by atoms with E-state index in [1.807, 2.05) is 13.1 Å². The molecular weight excluding hydrogens is 232 g/mol. The molecule has 1 aromatic heterocycles. The van der Waals surface area contributed by atoms with Gasteiger partial charge in [0.25, 0.3) is 0 Å². The average Bonchev–Trinajstić information content (AvgIpc) is 2.79. The Morgan fingerprint density at radius 3 is 3.12 bits per heavy atom. The van der Waals surface area contributed by atoms with Gasteiger partial charge >= 0.3 is 0 Å². The predicted molar refractivity (Wildman–Crippen MR) is 71.1 cm³/mol. The van der Waals surface area contributed by atoms with E-state index in [0.29, 0.717) is 11.2 Å². The number of allylic oxidation sites excluding steroid dienone is 1. The van der Waals surface area contributed by atoms with E-state index < -0.39 is 0 Å². The van der Waals surface area contributed by atoms with Gasteiger partial charge in [-0.1, -0.05) is 17.7 Å². The van der Waals surface area contributed by atoms with Crippen LogP contribution in [0.3, 0.4) is 0 Å². The first-order chi connectivity index (χ1) is 8.24. The summed E-state index contributed by atoms with van der Waals surface area (Å²) in [4.78, 5) is 4.24. The van der Waals surface area contributed by atoms with Gasteiger partial charge in [-0.3, -0.25) is 0 Å². The summed E-state index contributed by atoms with van der Waals surface area (Å²) < 4.78 is 0. The van der Waals surface area contributed by atoms with Crippen LogP contribution in [0.4, 0.5) is 0 Å². The first-order valence-corrected chi connectivity index (χ1v) is 6.68. The summed E-state index contributed by atoms with van der Waals surface area (Å²) in [5.74, 6) is 0.847. The van der Waals surface area contributed by atoms with Crippen molar-refractivity contribution in [3.05, 3.63) is 34.6 Å². The van der Waals surface area contributed by atoms with E-state index in [4.69, 9.17) is 11.6 Å². The molecule has 0 unspecified atom stereocenters. The average molecular weight is 249 g/mol. The molecule has 2 aliphatic rings. The van der Waals surface area contributed by atoms with Crippen LogP contribution < -0.4 is 5.32 Å². The van der Waals surface area contributed by atoms with Gasteiger partial charge in [0.2, 0.25) is 0 Å². The first kappa shape index (κ1) is 11.2. The number of hydrogen-bond donors (Lipinski definition) is 1. The van der Waals surface area contributed by atoms with Crippen molar-refractivity contribution in [2.24, 2.45) is 5.92 Å². The standard InChI is InChI=1S/C14H17ClN2/c1-9-6-12(8-17-14(9)15)11-3-2-10-4-5-16-13(10)7-11/h6-8,10,13,16H,2-5H2,1H3/t10-,13-/m0/s1. The van der Waals surface area contributed by atoms with Crippen molar-refractivity contribution in [3.8, 4) is 0 Å². The largest absolute Gasteiger partial charge is 0.310 e. The van der Waals surface area contributed by atoms with Crippen LogP contribution >= 0.6 is 11.6 Å². The van der Waals surface area contributed by atoms with Gasteiger partial charge in [-0.15, -0.1) is 0 Å². The minimum absolute atomic E-state index is 0.578. The molecule has 0 radical (unpaired) electrons. The van der Waals surface area contributed by atoms with Crippen molar-refractivity contribution in [1.29, 1.82) is 0 Å². The molecule has 0 saturated carbocycles. The van der Waals surface area contributed by atoms with Gasteiger partial charge in [0.1, 0.15) is 5.15 Å². The Kier molecular flexibility index (Phi) is 2.93. The molecule has 0 bridgehead atoms. The number of nitrogens with zero attached hydrogens (tertiary/aromatic N) is 1. The van der Waals surface area contributed by atoms with Gasteiger partial charge in [-0.05, 0) is 61.4 Å².